The number of halogens is 1. The minimum atomic E-state index is -0.125. The molecule has 0 amide bonds. The van der Waals surface area contributed by atoms with Gasteiger partial charge in [0, 0.05) is 10.7 Å². The molecule has 2 unspecified atom stereocenters. The Balaban J connectivity index is 2.08. The predicted molar refractivity (Wildman–Crippen MR) is 63.3 cm³/mol. The summed E-state index contributed by atoms with van der Waals surface area (Å²) < 4.78 is 4.97. The monoisotopic (exact) mass is 239 g/mol. The number of carbonyl (C=O) groups is 1. The van der Waals surface area contributed by atoms with Crippen LogP contribution in [0, 0.1) is 5.92 Å². The van der Waals surface area contributed by atoms with Gasteiger partial charge in [0.1, 0.15) is 0 Å². The fourth-order valence-corrected chi connectivity index (χ4v) is 2.22. The highest BCUT2D eigenvalue weighted by Crippen LogP contribution is 2.50. The van der Waals surface area contributed by atoms with Gasteiger partial charge in [0.25, 0.3) is 0 Å². The standard InChI is InChI=1S/C12H14ClNO2/c1-2-16-12(15)10-6-9(10)8-4-3-7(14)5-11(8)13/h3-5,9-10H,2,6,14H2,1H3. The summed E-state index contributed by atoms with van der Waals surface area (Å²) in [7, 11) is 0. The molecular formula is C12H14ClNO2. The lowest BCUT2D eigenvalue weighted by molar-refractivity contribution is -0.144. The first-order chi connectivity index (χ1) is 7.63. The van der Waals surface area contributed by atoms with E-state index < -0.39 is 0 Å². The van der Waals surface area contributed by atoms with Gasteiger partial charge >= 0.3 is 5.97 Å². The van der Waals surface area contributed by atoms with Crippen LogP contribution in [0.1, 0.15) is 24.8 Å². The summed E-state index contributed by atoms with van der Waals surface area (Å²) in [5, 5.41) is 0.636. The first kappa shape index (κ1) is 11.3. The first-order valence-electron chi connectivity index (χ1n) is 5.35. The number of nitrogen functional groups attached to an aromatic ring is 1. The van der Waals surface area contributed by atoms with Gasteiger partial charge < -0.3 is 10.5 Å². The molecule has 0 radical (unpaired) electrons. The summed E-state index contributed by atoms with van der Waals surface area (Å²) in [6.45, 7) is 2.24. The van der Waals surface area contributed by atoms with Crippen LogP contribution in [0.15, 0.2) is 18.2 Å². The molecule has 2 N–H and O–H groups in total. The highest BCUT2D eigenvalue weighted by Gasteiger charge is 2.45. The lowest BCUT2D eigenvalue weighted by Gasteiger charge is -2.04. The quantitative estimate of drug-likeness (QED) is 0.652. The Morgan fingerprint density at radius 3 is 3.00 bits per heavy atom. The summed E-state index contributed by atoms with van der Waals surface area (Å²) in [4.78, 5) is 11.5. The highest BCUT2D eigenvalue weighted by molar-refractivity contribution is 6.31. The van der Waals surface area contributed by atoms with E-state index in [-0.39, 0.29) is 17.8 Å². The van der Waals surface area contributed by atoms with E-state index in [1.54, 1.807) is 6.07 Å². The molecule has 3 nitrogen and oxygen atoms in total. The Bertz CT molecular complexity index is 419. The third-order valence-electron chi connectivity index (χ3n) is 2.80. The smallest absolute Gasteiger partial charge is 0.309 e. The van der Waals surface area contributed by atoms with E-state index in [1.165, 1.54) is 0 Å². The summed E-state index contributed by atoms with van der Waals surface area (Å²) in [5.41, 5.74) is 7.25. The average Bonchev–Trinajstić information content (AvgIpc) is 2.98. The number of rotatable bonds is 3. The van der Waals surface area contributed by atoms with E-state index in [2.05, 4.69) is 0 Å². The highest BCUT2D eigenvalue weighted by atomic mass is 35.5. The Kier molecular flexibility index (Phi) is 3.06. The molecule has 86 valence electrons. The minimum absolute atomic E-state index is 0.0268. The van der Waals surface area contributed by atoms with Crippen molar-refractivity contribution in [3.05, 3.63) is 28.8 Å². The normalized spacial score (nSPS) is 22.9. The van der Waals surface area contributed by atoms with Crippen LogP contribution in [0.2, 0.25) is 5.02 Å². The fraction of sp³-hybridized carbons (Fsp3) is 0.417. The van der Waals surface area contributed by atoms with Crippen LogP contribution >= 0.6 is 11.6 Å². The Morgan fingerprint density at radius 1 is 1.62 bits per heavy atom. The SMILES string of the molecule is CCOC(=O)C1CC1c1ccc(N)cc1Cl. The summed E-state index contributed by atoms with van der Waals surface area (Å²) in [6, 6.07) is 5.42. The molecule has 0 aliphatic heterocycles. The maximum atomic E-state index is 11.5. The van der Waals surface area contributed by atoms with Gasteiger partial charge in [-0.3, -0.25) is 4.79 Å². The third kappa shape index (κ3) is 2.14. The number of hydrogen-bond donors (Lipinski definition) is 1. The van der Waals surface area contributed by atoms with Gasteiger partial charge in [-0.05, 0) is 37.0 Å². The largest absolute Gasteiger partial charge is 0.466 e. The van der Waals surface area contributed by atoms with Crippen molar-refractivity contribution in [2.45, 2.75) is 19.3 Å². The zero-order valence-corrected chi connectivity index (χ0v) is 9.83. The number of ether oxygens (including phenoxy) is 1. The molecule has 1 aliphatic carbocycles. The Morgan fingerprint density at radius 2 is 2.38 bits per heavy atom. The van der Waals surface area contributed by atoms with E-state index in [1.807, 2.05) is 19.1 Å². The van der Waals surface area contributed by atoms with Crippen LogP contribution in [-0.2, 0) is 9.53 Å². The van der Waals surface area contributed by atoms with Crippen molar-refractivity contribution < 1.29 is 9.53 Å². The van der Waals surface area contributed by atoms with Gasteiger partial charge in [-0.25, -0.2) is 0 Å². The third-order valence-corrected chi connectivity index (χ3v) is 3.13. The molecule has 1 aliphatic rings. The van der Waals surface area contributed by atoms with Gasteiger partial charge in [0.15, 0.2) is 0 Å². The molecule has 1 aromatic carbocycles. The van der Waals surface area contributed by atoms with Crippen molar-refractivity contribution in [2.75, 3.05) is 12.3 Å². The minimum Gasteiger partial charge on any atom is -0.466 e. The molecule has 0 aromatic heterocycles. The molecule has 0 bridgehead atoms. The van der Waals surface area contributed by atoms with E-state index in [9.17, 15) is 4.79 Å². The number of hydrogen-bond acceptors (Lipinski definition) is 3. The van der Waals surface area contributed by atoms with Crippen LogP contribution in [-0.4, -0.2) is 12.6 Å². The molecule has 2 atom stereocenters. The molecule has 0 heterocycles. The molecule has 1 aromatic rings. The number of carbonyl (C=O) groups excluding carboxylic acids is 1. The molecule has 16 heavy (non-hydrogen) atoms. The van der Waals surface area contributed by atoms with Gasteiger partial charge in [0.2, 0.25) is 0 Å². The fourth-order valence-electron chi connectivity index (χ4n) is 1.89. The molecule has 1 fully saturated rings. The lowest BCUT2D eigenvalue weighted by atomic mass is 10.1. The Labute approximate surface area is 99.5 Å². The van der Waals surface area contributed by atoms with Crippen LogP contribution in [0.4, 0.5) is 5.69 Å². The van der Waals surface area contributed by atoms with Crippen molar-refractivity contribution in [1.29, 1.82) is 0 Å². The molecule has 0 spiro atoms. The van der Waals surface area contributed by atoms with Crippen LogP contribution < -0.4 is 5.73 Å². The molecule has 4 heteroatoms. The first-order valence-corrected chi connectivity index (χ1v) is 5.72. The van der Waals surface area contributed by atoms with Gasteiger partial charge in [0.05, 0.1) is 12.5 Å². The van der Waals surface area contributed by atoms with Crippen LogP contribution in [0.3, 0.4) is 0 Å². The van der Waals surface area contributed by atoms with E-state index in [0.29, 0.717) is 17.3 Å². The number of nitrogens with two attached hydrogens (primary N) is 1. The van der Waals surface area contributed by atoms with Gasteiger partial charge in [-0.1, -0.05) is 17.7 Å². The number of esters is 1. The number of benzene rings is 1. The second kappa shape index (κ2) is 4.34. The van der Waals surface area contributed by atoms with Crippen molar-refractivity contribution in [3.63, 3.8) is 0 Å². The molecule has 2 rings (SSSR count). The van der Waals surface area contributed by atoms with Gasteiger partial charge in [-0.2, -0.15) is 0 Å². The Hall–Kier alpha value is -1.22. The second-order valence-corrected chi connectivity index (χ2v) is 4.39. The average molecular weight is 240 g/mol. The van der Waals surface area contributed by atoms with Crippen molar-refractivity contribution in [1.82, 2.24) is 0 Å². The van der Waals surface area contributed by atoms with E-state index in [4.69, 9.17) is 22.1 Å². The van der Waals surface area contributed by atoms with E-state index in [0.717, 1.165) is 12.0 Å². The molecule has 0 saturated heterocycles. The number of anilines is 1. The molecular weight excluding hydrogens is 226 g/mol. The van der Waals surface area contributed by atoms with E-state index >= 15 is 0 Å². The van der Waals surface area contributed by atoms with Crippen molar-refractivity contribution in [3.8, 4) is 0 Å². The predicted octanol–water partition coefficient (Wildman–Crippen LogP) is 2.59. The molecule has 1 saturated carbocycles. The lowest BCUT2D eigenvalue weighted by Crippen LogP contribution is -2.07. The summed E-state index contributed by atoms with van der Waals surface area (Å²) in [6.07, 6.45) is 0.822. The zero-order valence-electron chi connectivity index (χ0n) is 9.07. The van der Waals surface area contributed by atoms with Gasteiger partial charge in [-0.15, -0.1) is 0 Å². The maximum absolute atomic E-state index is 11.5. The van der Waals surface area contributed by atoms with Crippen molar-refractivity contribution >= 4 is 23.3 Å². The zero-order chi connectivity index (χ0) is 11.7. The second-order valence-electron chi connectivity index (χ2n) is 3.98. The van der Waals surface area contributed by atoms with Crippen molar-refractivity contribution in [2.24, 2.45) is 5.92 Å². The van der Waals surface area contributed by atoms with Crippen LogP contribution in [0.25, 0.3) is 0 Å². The summed E-state index contributed by atoms with van der Waals surface area (Å²) in [5.74, 6) is 0.0496. The van der Waals surface area contributed by atoms with Crippen LogP contribution in [0.5, 0.6) is 0 Å². The summed E-state index contributed by atoms with van der Waals surface area (Å²) >= 11 is 6.08. The maximum Gasteiger partial charge on any atom is 0.309 e. The topological polar surface area (TPSA) is 52.3 Å².